The lowest BCUT2D eigenvalue weighted by atomic mass is 10.1. The first-order valence-electron chi connectivity index (χ1n) is 10.8. The number of benzene rings is 1. The lowest BCUT2D eigenvalue weighted by Crippen LogP contribution is -2.47. The molecule has 3 rings (SSSR count). The molecule has 1 aromatic carbocycles. The lowest BCUT2D eigenvalue weighted by molar-refractivity contribution is -0.131. The minimum atomic E-state index is -0.0803. The summed E-state index contributed by atoms with van der Waals surface area (Å²) in [7, 11) is 3.13. The molecule has 2 aliphatic rings. The van der Waals surface area contributed by atoms with Crippen LogP contribution in [0.3, 0.4) is 0 Å². The van der Waals surface area contributed by atoms with Gasteiger partial charge in [0.2, 0.25) is 5.91 Å². The number of nitrogens with zero attached hydrogens (tertiary/aromatic N) is 3. The Morgan fingerprint density at radius 1 is 1.00 bits per heavy atom. The van der Waals surface area contributed by atoms with Gasteiger partial charge in [0, 0.05) is 57.8 Å². The molecule has 0 atom stereocenters. The van der Waals surface area contributed by atoms with E-state index in [-0.39, 0.29) is 11.8 Å². The summed E-state index contributed by atoms with van der Waals surface area (Å²) in [5, 5.41) is 3.26. The van der Waals surface area contributed by atoms with E-state index in [4.69, 9.17) is 9.47 Å². The van der Waals surface area contributed by atoms with Gasteiger partial charge < -0.3 is 29.5 Å². The summed E-state index contributed by atoms with van der Waals surface area (Å²) in [5.74, 6) is 1.15. The Labute approximate surface area is 179 Å². The molecule has 1 N–H and O–H groups in total. The second-order valence-corrected chi connectivity index (χ2v) is 7.79. The monoisotopic (exact) mass is 418 g/mol. The van der Waals surface area contributed by atoms with Gasteiger partial charge in [-0.15, -0.1) is 0 Å². The fourth-order valence-corrected chi connectivity index (χ4v) is 4.04. The number of nitrogens with one attached hydrogen (secondary N) is 1. The van der Waals surface area contributed by atoms with Gasteiger partial charge >= 0.3 is 0 Å². The zero-order valence-corrected chi connectivity index (χ0v) is 18.2. The van der Waals surface area contributed by atoms with E-state index in [2.05, 4.69) is 10.2 Å². The number of hydrogen-bond acceptors (Lipinski definition) is 6. The maximum atomic E-state index is 13.3. The number of methoxy groups -OCH3 is 2. The van der Waals surface area contributed by atoms with Crippen molar-refractivity contribution in [3.8, 4) is 11.5 Å². The number of likely N-dealkylation sites (tertiary alicyclic amines) is 1. The quantitative estimate of drug-likeness (QED) is 0.647. The predicted octanol–water partition coefficient (Wildman–Crippen LogP) is 1.06. The molecule has 0 unspecified atom stereocenters. The molecular weight excluding hydrogens is 384 g/mol. The first-order valence-corrected chi connectivity index (χ1v) is 10.8. The molecule has 0 spiro atoms. The Hall–Kier alpha value is -2.32. The van der Waals surface area contributed by atoms with Crippen molar-refractivity contribution in [2.24, 2.45) is 0 Å². The van der Waals surface area contributed by atoms with E-state index in [1.54, 1.807) is 37.3 Å². The molecule has 8 heteroatoms. The maximum Gasteiger partial charge on any atom is 0.254 e. The third-order valence-corrected chi connectivity index (χ3v) is 5.87. The van der Waals surface area contributed by atoms with Crippen molar-refractivity contribution in [1.82, 2.24) is 20.0 Å². The average molecular weight is 419 g/mol. The second kappa shape index (κ2) is 11.2. The summed E-state index contributed by atoms with van der Waals surface area (Å²) < 4.78 is 10.6. The topological polar surface area (TPSA) is 74.4 Å². The van der Waals surface area contributed by atoms with Crippen LogP contribution < -0.4 is 14.8 Å². The molecule has 8 nitrogen and oxygen atoms in total. The highest BCUT2D eigenvalue weighted by molar-refractivity contribution is 5.95. The SMILES string of the molecule is COc1ccc(C(=O)N(CCC(=O)N2CCNCC2)CCN2CCCC2)cc1OC. The smallest absolute Gasteiger partial charge is 0.254 e. The Bertz CT molecular complexity index is 715. The Morgan fingerprint density at radius 2 is 1.70 bits per heavy atom. The van der Waals surface area contributed by atoms with Gasteiger partial charge in [-0.3, -0.25) is 9.59 Å². The zero-order chi connectivity index (χ0) is 21.3. The molecule has 2 heterocycles. The fourth-order valence-electron chi connectivity index (χ4n) is 4.04. The minimum absolute atomic E-state index is 0.0803. The second-order valence-electron chi connectivity index (χ2n) is 7.79. The third-order valence-electron chi connectivity index (χ3n) is 5.87. The molecule has 0 aromatic heterocycles. The standard InChI is InChI=1S/C22H34N4O4/c1-29-19-6-5-18(17-20(19)30-2)22(28)26(16-15-24-10-3-4-11-24)12-7-21(27)25-13-8-23-9-14-25/h5-6,17,23H,3-4,7-16H2,1-2H3. The molecule has 166 valence electrons. The van der Waals surface area contributed by atoms with Gasteiger partial charge in [0.05, 0.1) is 14.2 Å². The Morgan fingerprint density at radius 3 is 2.37 bits per heavy atom. The van der Waals surface area contributed by atoms with E-state index < -0.39 is 0 Å². The van der Waals surface area contributed by atoms with E-state index in [1.165, 1.54) is 12.8 Å². The van der Waals surface area contributed by atoms with Gasteiger partial charge in [-0.1, -0.05) is 0 Å². The molecule has 0 saturated carbocycles. The molecule has 0 aliphatic carbocycles. The van der Waals surface area contributed by atoms with E-state index in [1.807, 2.05) is 4.90 Å². The van der Waals surface area contributed by atoms with Crippen LogP contribution in [0.15, 0.2) is 18.2 Å². The first-order chi connectivity index (χ1) is 14.6. The van der Waals surface area contributed by atoms with Gasteiger partial charge in [-0.25, -0.2) is 0 Å². The number of rotatable bonds is 9. The molecule has 0 radical (unpaired) electrons. The lowest BCUT2D eigenvalue weighted by Gasteiger charge is -2.29. The van der Waals surface area contributed by atoms with Crippen molar-refractivity contribution in [3.63, 3.8) is 0 Å². The molecule has 2 saturated heterocycles. The number of hydrogen-bond donors (Lipinski definition) is 1. The highest BCUT2D eigenvalue weighted by atomic mass is 16.5. The Balaban J connectivity index is 1.67. The predicted molar refractivity (Wildman–Crippen MR) is 115 cm³/mol. The molecule has 2 aliphatic heterocycles. The summed E-state index contributed by atoms with van der Waals surface area (Å²) in [4.78, 5) is 32.0. The third kappa shape index (κ3) is 5.86. The van der Waals surface area contributed by atoms with Gasteiger partial charge in [0.25, 0.3) is 5.91 Å². The van der Waals surface area contributed by atoms with Crippen LogP contribution >= 0.6 is 0 Å². The van der Waals surface area contributed by atoms with Crippen LogP contribution in [0.25, 0.3) is 0 Å². The number of amides is 2. The Kier molecular flexibility index (Phi) is 8.33. The maximum absolute atomic E-state index is 13.3. The van der Waals surface area contributed by atoms with Crippen molar-refractivity contribution in [2.75, 3.05) is 73.1 Å². The van der Waals surface area contributed by atoms with E-state index in [9.17, 15) is 9.59 Å². The minimum Gasteiger partial charge on any atom is -0.493 e. The summed E-state index contributed by atoms with van der Waals surface area (Å²) in [6.45, 7) is 7.15. The van der Waals surface area contributed by atoms with Crippen LogP contribution in [0.5, 0.6) is 11.5 Å². The van der Waals surface area contributed by atoms with Crippen molar-refractivity contribution in [3.05, 3.63) is 23.8 Å². The van der Waals surface area contributed by atoms with Gasteiger partial charge in [0.15, 0.2) is 11.5 Å². The van der Waals surface area contributed by atoms with E-state index >= 15 is 0 Å². The molecular formula is C22H34N4O4. The van der Waals surface area contributed by atoms with Crippen LogP contribution in [0.4, 0.5) is 0 Å². The van der Waals surface area contributed by atoms with Crippen LogP contribution in [-0.2, 0) is 4.79 Å². The molecule has 30 heavy (non-hydrogen) atoms. The summed E-state index contributed by atoms with van der Waals surface area (Å²) in [6, 6.07) is 5.21. The fraction of sp³-hybridized carbons (Fsp3) is 0.636. The van der Waals surface area contributed by atoms with Crippen molar-refractivity contribution in [2.45, 2.75) is 19.3 Å². The number of ether oxygens (including phenoxy) is 2. The number of carbonyl (C=O) groups excluding carboxylic acids is 2. The molecule has 2 amide bonds. The number of piperazine rings is 1. The highest BCUT2D eigenvalue weighted by Crippen LogP contribution is 2.28. The van der Waals surface area contributed by atoms with E-state index in [0.717, 1.165) is 45.8 Å². The van der Waals surface area contributed by atoms with Crippen molar-refractivity contribution < 1.29 is 19.1 Å². The van der Waals surface area contributed by atoms with Gasteiger partial charge in [-0.05, 0) is 44.1 Å². The van der Waals surface area contributed by atoms with Crippen LogP contribution in [0.1, 0.15) is 29.6 Å². The normalized spacial score (nSPS) is 17.1. The first kappa shape index (κ1) is 22.4. The highest BCUT2D eigenvalue weighted by Gasteiger charge is 2.22. The van der Waals surface area contributed by atoms with Crippen LogP contribution in [0, 0.1) is 0 Å². The van der Waals surface area contributed by atoms with Gasteiger partial charge in [-0.2, -0.15) is 0 Å². The van der Waals surface area contributed by atoms with Crippen molar-refractivity contribution >= 4 is 11.8 Å². The van der Waals surface area contributed by atoms with Crippen LogP contribution in [-0.4, -0.2) is 99.6 Å². The summed E-state index contributed by atoms with van der Waals surface area (Å²) in [6.07, 6.45) is 2.77. The van der Waals surface area contributed by atoms with Gasteiger partial charge in [0.1, 0.15) is 0 Å². The van der Waals surface area contributed by atoms with E-state index in [0.29, 0.717) is 36.6 Å². The average Bonchev–Trinajstić information content (AvgIpc) is 3.32. The van der Waals surface area contributed by atoms with Crippen molar-refractivity contribution in [1.29, 1.82) is 0 Å². The summed E-state index contributed by atoms with van der Waals surface area (Å²) >= 11 is 0. The molecule has 2 fully saturated rings. The summed E-state index contributed by atoms with van der Waals surface area (Å²) in [5.41, 5.74) is 0.545. The number of carbonyl (C=O) groups is 2. The van der Waals surface area contributed by atoms with Crippen LogP contribution in [0.2, 0.25) is 0 Å². The molecule has 1 aromatic rings. The molecule has 0 bridgehead atoms. The largest absolute Gasteiger partial charge is 0.493 e. The zero-order valence-electron chi connectivity index (χ0n) is 18.2.